The molecule has 1 rings (SSSR count). The molecule has 0 unspecified atom stereocenters. The lowest BCUT2D eigenvalue weighted by Gasteiger charge is -2.32. The molecule has 0 aromatic carbocycles. The number of amides is 2. The number of rotatable bonds is 0. The number of carbonyl (C=O) groups is 2. The molecular formula is C9H17N3O3. The average molecular weight is 215 g/mol. The molecule has 0 atom stereocenters. The Kier molecular flexibility index (Phi) is 3.18. The Balaban J connectivity index is 2.52. The van der Waals surface area contributed by atoms with Crippen LogP contribution in [0.1, 0.15) is 20.8 Å². The van der Waals surface area contributed by atoms with E-state index in [4.69, 9.17) is 10.6 Å². The second kappa shape index (κ2) is 4.06. The van der Waals surface area contributed by atoms with Crippen LogP contribution in [0, 0.1) is 0 Å². The molecule has 1 saturated heterocycles. The van der Waals surface area contributed by atoms with E-state index in [1.165, 1.54) is 4.90 Å². The molecule has 1 aliphatic heterocycles. The molecule has 0 radical (unpaired) electrons. The number of hydrogen-bond acceptors (Lipinski definition) is 4. The molecular weight excluding hydrogens is 198 g/mol. The molecule has 0 bridgehead atoms. The van der Waals surface area contributed by atoms with Crippen LogP contribution in [0.2, 0.25) is 0 Å². The van der Waals surface area contributed by atoms with Crippen LogP contribution in [0.5, 0.6) is 0 Å². The molecule has 0 aromatic rings. The van der Waals surface area contributed by atoms with Gasteiger partial charge in [-0.15, -0.1) is 0 Å². The topological polar surface area (TPSA) is 75.9 Å². The van der Waals surface area contributed by atoms with Crippen LogP contribution in [0.4, 0.5) is 4.79 Å². The number of piperazine rings is 1. The van der Waals surface area contributed by atoms with Gasteiger partial charge in [-0.05, 0) is 20.8 Å². The first kappa shape index (κ1) is 11.8. The maximum absolute atomic E-state index is 11.6. The Morgan fingerprint density at radius 2 is 2.00 bits per heavy atom. The van der Waals surface area contributed by atoms with E-state index in [2.05, 4.69) is 0 Å². The van der Waals surface area contributed by atoms with Crippen molar-refractivity contribution in [3.63, 3.8) is 0 Å². The van der Waals surface area contributed by atoms with Gasteiger partial charge in [-0.1, -0.05) is 0 Å². The minimum atomic E-state index is -0.542. The van der Waals surface area contributed by atoms with E-state index in [0.717, 1.165) is 5.01 Å². The summed E-state index contributed by atoms with van der Waals surface area (Å²) in [7, 11) is 0. The van der Waals surface area contributed by atoms with E-state index in [9.17, 15) is 9.59 Å². The lowest BCUT2D eigenvalue weighted by atomic mass is 10.2. The van der Waals surface area contributed by atoms with Gasteiger partial charge in [0.05, 0.1) is 6.54 Å². The summed E-state index contributed by atoms with van der Waals surface area (Å²) in [4.78, 5) is 24.1. The number of nitrogens with two attached hydrogens (primary N) is 1. The van der Waals surface area contributed by atoms with Crippen molar-refractivity contribution < 1.29 is 14.3 Å². The molecule has 2 N–H and O–H groups in total. The predicted molar refractivity (Wildman–Crippen MR) is 53.7 cm³/mol. The van der Waals surface area contributed by atoms with Crippen LogP contribution >= 0.6 is 0 Å². The SMILES string of the molecule is CC(C)(C)OC(=O)N1CCN(N)C(=O)C1. The van der Waals surface area contributed by atoms with E-state index in [1.807, 2.05) is 0 Å². The number of ether oxygens (including phenoxy) is 1. The van der Waals surface area contributed by atoms with Gasteiger partial charge in [-0.3, -0.25) is 14.7 Å². The minimum Gasteiger partial charge on any atom is -0.444 e. The third-order valence-corrected chi connectivity index (χ3v) is 1.91. The van der Waals surface area contributed by atoms with Crippen LogP contribution in [0.3, 0.4) is 0 Å². The van der Waals surface area contributed by atoms with E-state index < -0.39 is 11.7 Å². The quantitative estimate of drug-likeness (QED) is 0.453. The van der Waals surface area contributed by atoms with E-state index in [0.29, 0.717) is 13.1 Å². The molecule has 15 heavy (non-hydrogen) atoms. The first-order valence-corrected chi connectivity index (χ1v) is 4.82. The molecule has 1 heterocycles. The first-order valence-electron chi connectivity index (χ1n) is 4.82. The van der Waals surface area contributed by atoms with Gasteiger partial charge in [-0.25, -0.2) is 10.6 Å². The Morgan fingerprint density at radius 3 is 2.47 bits per heavy atom. The number of carbonyl (C=O) groups excluding carboxylic acids is 2. The Morgan fingerprint density at radius 1 is 1.40 bits per heavy atom. The lowest BCUT2D eigenvalue weighted by Crippen LogP contribution is -2.55. The third-order valence-electron chi connectivity index (χ3n) is 1.91. The van der Waals surface area contributed by atoms with Crippen LogP contribution in [0.25, 0.3) is 0 Å². The summed E-state index contributed by atoms with van der Waals surface area (Å²) in [6.07, 6.45) is -0.469. The van der Waals surface area contributed by atoms with E-state index in [1.54, 1.807) is 20.8 Å². The third kappa shape index (κ3) is 3.39. The van der Waals surface area contributed by atoms with Gasteiger partial charge in [-0.2, -0.15) is 0 Å². The van der Waals surface area contributed by atoms with Crippen molar-refractivity contribution >= 4 is 12.0 Å². The standard InChI is InChI=1S/C9H17N3O3/c1-9(2,3)15-8(14)11-4-5-12(10)7(13)6-11/h4-6,10H2,1-3H3. The fourth-order valence-corrected chi connectivity index (χ4v) is 1.17. The second-order valence-corrected chi connectivity index (χ2v) is 4.49. The normalized spacial score (nSPS) is 18.0. The molecule has 2 amide bonds. The van der Waals surface area contributed by atoms with Gasteiger partial charge in [0.2, 0.25) is 0 Å². The zero-order valence-electron chi connectivity index (χ0n) is 9.32. The number of hydrogen-bond donors (Lipinski definition) is 1. The van der Waals surface area contributed by atoms with Gasteiger partial charge in [0.25, 0.3) is 5.91 Å². The van der Waals surface area contributed by atoms with Crippen LogP contribution in [-0.4, -0.2) is 47.1 Å². The Bertz CT molecular complexity index is 272. The van der Waals surface area contributed by atoms with Gasteiger partial charge >= 0.3 is 6.09 Å². The zero-order valence-corrected chi connectivity index (χ0v) is 9.32. The fourth-order valence-electron chi connectivity index (χ4n) is 1.17. The van der Waals surface area contributed by atoms with Crippen LogP contribution in [0.15, 0.2) is 0 Å². The lowest BCUT2D eigenvalue weighted by molar-refractivity contribution is -0.136. The Labute approximate surface area is 88.9 Å². The molecule has 0 aromatic heterocycles. The van der Waals surface area contributed by atoms with Gasteiger partial charge in [0, 0.05) is 6.54 Å². The van der Waals surface area contributed by atoms with Crippen molar-refractivity contribution in [2.75, 3.05) is 19.6 Å². The monoisotopic (exact) mass is 215 g/mol. The molecule has 1 aliphatic rings. The number of nitrogens with zero attached hydrogens (tertiary/aromatic N) is 2. The summed E-state index contributed by atoms with van der Waals surface area (Å²) in [6, 6.07) is 0. The maximum atomic E-state index is 11.6. The summed E-state index contributed by atoms with van der Waals surface area (Å²) in [5.41, 5.74) is -0.542. The molecule has 0 spiro atoms. The molecule has 0 saturated carbocycles. The summed E-state index contributed by atoms with van der Waals surface area (Å²) < 4.78 is 5.14. The highest BCUT2D eigenvalue weighted by Gasteiger charge is 2.28. The van der Waals surface area contributed by atoms with Crippen LogP contribution < -0.4 is 5.84 Å². The van der Waals surface area contributed by atoms with E-state index >= 15 is 0 Å². The van der Waals surface area contributed by atoms with Crippen molar-refractivity contribution in [3.8, 4) is 0 Å². The number of hydrazine groups is 1. The Hall–Kier alpha value is -1.30. The van der Waals surface area contributed by atoms with Crippen molar-refractivity contribution in [2.24, 2.45) is 5.84 Å². The summed E-state index contributed by atoms with van der Waals surface area (Å²) in [5, 5.41) is 1.11. The van der Waals surface area contributed by atoms with Crippen molar-refractivity contribution in [1.29, 1.82) is 0 Å². The van der Waals surface area contributed by atoms with Crippen molar-refractivity contribution in [1.82, 2.24) is 9.91 Å². The summed E-state index contributed by atoms with van der Waals surface area (Å²) in [6.45, 7) is 6.10. The summed E-state index contributed by atoms with van der Waals surface area (Å²) >= 11 is 0. The molecule has 6 heteroatoms. The maximum Gasteiger partial charge on any atom is 0.410 e. The van der Waals surface area contributed by atoms with Crippen molar-refractivity contribution in [3.05, 3.63) is 0 Å². The van der Waals surface area contributed by atoms with Gasteiger partial charge in [0.15, 0.2) is 0 Å². The van der Waals surface area contributed by atoms with Crippen molar-refractivity contribution in [2.45, 2.75) is 26.4 Å². The zero-order chi connectivity index (χ0) is 11.6. The average Bonchev–Trinajstić information content (AvgIpc) is 2.06. The molecule has 1 fully saturated rings. The fraction of sp³-hybridized carbons (Fsp3) is 0.778. The minimum absolute atomic E-state index is 0.00852. The molecule has 6 nitrogen and oxygen atoms in total. The molecule has 86 valence electrons. The smallest absolute Gasteiger partial charge is 0.410 e. The second-order valence-electron chi connectivity index (χ2n) is 4.49. The van der Waals surface area contributed by atoms with E-state index in [-0.39, 0.29) is 12.5 Å². The predicted octanol–water partition coefficient (Wildman–Crippen LogP) is -0.0606. The summed E-state index contributed by atoms with van der Waals surface area (Å²) in [5.74, 6) is 5.10. The molecule has 0 aliphatic carbocycles. The highest BCUT2D eigenvalue weighted by atomic mass is 16.6. The van der Waals surface area contributed by atoms with Gasteiger partial charge in [0.1, 0.15) is 12.1 Å². The first-order chi connectivity index (χ1) is 6.79. The highest BCUT2D eigenvalue weighted by molar-refractivity contribution is 5.83. The van der Waals surface area contributed by atoms with Gasteiger partial charge < -0.3 is 4.74 Å². The van der Waals surface area contributed by atoms with Crippen LogP contribution in [-0.2, 0) is 9.53 Å². The largest absolute Gasteiger partial charge is 0.444 e. The highest BCUT2D eigenvalue weighted by Crippen LogP contribution is 2.11.